The summed E-state index contributed by atoms with van der Waals surface area (Å²) in [6.07, 6.45) is 7.31. The molecule has 2 N–H and O–H groups in total. The lowest BCUT2D eigenvalue weighted by Crippen LogP contribution is -2.30. The minimum absolute atomic E-state index is 0.00676. The summed E-state index contributed by atoms with van der Waals surface area (Å²) in [6, 6.07) is 6.46. The Hall–Kier alpha value is -1.40. The van der Waals surface area contributed by atoms with E-state index in [0.29, 0.717) is 12.5 Å². The number of benzene rings is 1. The number of amides is 1. The molecule has 1 fully saturated rings. The molecule has 6 heteroatoms. The average Bonchev–Trinajstić information content (AvgIpc) is 2.61. The number of sulfone groups is 1. The Labute approximate surface area is 150 Å². The Bertz CT molecular complexity index is 649. The van der Waals surface area contributed by atoms with Crippen LogP contribution in [0.5, 0.6) is 0 Å². The first-order chi connectivity index (χ1) is 11.9. The van der Waals surface area contributed by atoms with Crippen LogP contribution in [0.4, 0.5) is 0 Å². The molecule has 5 nitrogen and oxygen atoms in total. The second-order valence-corrected chi connectivity index (χ2v) is 9.15. The highest BCUT2D eigenvalue weighted by Crippen LogP contribution is 2.29. The lowest BCUT2D eigenvalue weighted by atomic mass is 9.83. The molecule has 0 unspecified atom stereocenters. The number of hydrogen-bond acceptors (Lipinski definition) is 4. The summed E-state index contributed by atoms with van der Waals surface area (Å²) in [6.45, 7) is 1.99. The van der Waals surface area contributed by atoms with Crippen LogP contribution in [0.3, 0.4) is 0 Å². The van der Waals surface area contributed by atoms with Crippen molar-refractivity contribution >= 4 is 15.7 Å². The maximum Gasteiger partial charge on any atom is 0.223 e. The number of nitrogens with one attached hydrogen (secondary N) is 1. The van der Waals surface area contributed by atoms with Crippen LogP contribution in [-0.2, 0) is 21.2 Å². The summed E-state index contributed by atoms with van der Waals surface area (Å²) in [5, 5.41) is 11.7. The monoisotopic (exact) mass is 367 g/mol. The van der Waals surface area contributed by atoms with Crippen molar-refractivity contribution in [1.29, 1.82) is 0 Å². The number of aliphatic hydroxyl groups excluding tert-OH is 1. The Kier molecular flexibility index (Phi) is 7.44. The van der Waals surface area contributed by atoms with Crippen molar-refractivity contribution in [3.63, 3.8) is 0 Å². The lowest BCUT2D eigenvalue weighted by molar-refractivity contribution is -0.125. The zero-order valence-electron chi connectivity index (χ0n) is 14.9. The second-order valence-electron chi connectivity index (χ2n) is 7.05. The fourth-order valence-corrected chi connectivity index (χ4v) is 4.47. The van der Waals surface area contributed by atoms with E-state index in [4.69, 9.17) is 5.11 Å². The van der Waals surface area contributed by atoms with Gasteiger partial charge in [0.2, 0.25) is 5.91 Å². The minimum Gasteiger partial charge on any atom is -0.395 e. The topological polar surface area (TPSA) is 83.5 Å². The average molecular weight is 368 g/mol. The van der Waals surface area contributed by atoms with Crippen molar-refractivity contribution < 1.29 is 18.3 Å². The van der Waals surface area contributed by atoms with Gasteiger partial charge in [-0.1, -0.05) is 51.2 Å². The molecule has 1 atom stereocenters. The first-order valence-corrected chi connectivity index (χ1v) is 10.8. The molecule has 0 radical (unpaired) electrons. The second kappa shape index (κ2) is 9.34. The summed E-state index contributed by atoms with van der Waals surface area (Å²) in [7, 11) is -3.43. The molecule has 1 aliphatic carbocycles. The third-order valence-corrected chi connectivity index (χ3v) is 6.68. The van der Waals surface area contributed by atoms with Crippen LogP contribution in [0.1, 0.15) is 51.0 Å². The van der Waals surface area contributed by atoms with E-state index in [0.717, 1.165) is 12.0 Å². The highest BCUT2D eigenvalue weighted by molar-refractivity contribution is 7.91. The molecule has 0 spiro atoms. The van der Waals surface area contributed by atoms with E-state index < -0.39 is 9.84 Å². The Morgan fingerprint density at radius 2 is 1.84 bits per heavy atom. The third-order valence-electron chi connectivity index (χ3n) is 4.97. The van der Waals surface area contributed by atoms with Crippen LogP contribution in [0.25, 0.3) is 0 Å². The van der Waals surface area contributed by atoms with Gasteiger partial charge in [-0.3, -0.25) is 4.79 Å². The van der Waals surface area contributed by atoms with Crippen LogP contribution in [0, 0.1) is 11.8 Å². The number of aliphatic hydroxyl groups is 1. The Morgan fingerprint density at radius 3 is 2.44 bits per heavy atom. The minimum atomic E-state index is -3.43. The summed E-state index contributed by atoms with van der Waals surface area (Å²) < 4.78 is 23.7. The molecule has 1 aliphatic rings. The molecule has 1 amide bonds. The number of carbonyl (C=O) groups excluding carboxylic acids is 1. The van der Waals surface area contributed by atoms with E-state index in [1.54, 1.807) is 12.1 Å². The van der Waals surface area contributed by atoms with Gasteiger partial charge in [0.05, 0.1) is 17.3 Å². The van der Waals surface area contributed by atoms with E-state index in [2.05, 4.69) is 5.32 Å². The number of rotatable bonds is 8. The highest BCUT2D eigenvalue weighted by Gasteiger charge is 2.20. The van der Waals surface area contributed by atoms with Gasteiger partial charge in [-0.05, 0) is 30.0 Å². The van der Waals surface area contributed by atoms with E-state index in [1.807, 2.05) is 6.92 Å². The molecular formula is C19H29NO4S. The number of carbonyl (C=O) groups is 1. The molecule has 0 heterocycles. The predicted molar refractivity (Wildman–Crippen MR) is 97.8 cm³/mol. The van der Waals surface area contributed by atoms with E-state index in [-0.39, 0.29) is 29.1 Å². The van der Waals surface area contributed by atoms with Crippen molar-refractivity contribution in [2.24, 2.45) is 11.8 Å². The largest absolute Gasteiger partial charge is 0.395 e. The lowest BCUT2D eigenvalue weighted by Gasteiger charge is -2.24. The van der Waals surface area contributed by atoms with Crippen LogP contribution in [0.2, 0.25) is 0 Å². The zero-order valence-corrected chi connectivity index (χ0v) is 15.7. The van der Waals surface area contributed by atoms with Crippen LogP contribution in [-0.4, -0.2) is 31.8 Å². The molecule has 1 saturated carbocycles. The summed E-state index contributed by atoms with van der Waals surface area (Å²) in [4.78, 5) is 12.5. The van der Waals surface area contributed by atoms with Gasteiger partial charge in [0.15, 0.2) is 9.84 Å². The van der Waals surface area contributed by atoms with Gasteiger partial charge in [-0.25, -0.2) is 8.42 Å². The molecular weight excluding hydrogens is 338 g/mol. The summed E-state index contributed by atoms with van der Waals surface area (Å²) in [5.74, 6) is 0.460. The standard InChI is InChI=1S/C19H29NO4S/c1-15(13-16-5-3-2-4-6-16)19(22)20-14-17-7-9-18(10-8-17)25(23,24)12-11-21/h7-10,15-16,21H,2-6,11-14H2,1H3,(H,20,22)/t15-/m1/s1. The molecule has 0 aromatic heterocycles. The first kappa shape index (κ1) is 19.9. The fraction of sp³-hybridized carbons (Fsp3) is 0.632. The van der Waals surface area contributed by atoms with Gasteiger partial charge < -0.3 is 10.4 Å². The predicted octanol–water partition coefficient (Wildman–Crippen LogP) is 2.68. The molecule has 0 bridgehead atoms. The maximum atomic E-state index is 12.3. The van der Waals surface area contributed by atoms with Crippen molar-refractivity contribution in [3.05, 3.63) is 29.8 Å². The normalized spacial score (nSPS) is 17.2. The zero-order chi connectivity index (χ0) is 18.3. The van der Waals surface area contributed by atoms with Gasteiger partial charge in [0.1, 0.15) is 0 Å². The van der Waals surface area contributed by atoms with Crippen molar-refractivity contribution in [1.82, 2.24) is 5.32 Å². The molecule has 2 rings (SSSR count). The third kappa shape index (κ3) is 6.12. The molecule has 1 aromatic rings. The summed E-state index contributed by atoms with van der Waals surface area (Å²) >= 11 is 0. The summed E-state index contributed by atoms with van der Waals surface area (Å²) in [5.41, 5.74) is 0.862. The van der Waals surface area contributed by atoms with E-state index >= 15 is 0 Å². The molecule has 25 heavy (non-hydrogen) atoms. The van der Waals surface area contributed by atoms with Gasteiger partial charge in [-0.2, -0.15) is 0 Å². The van der Waals surface area contributed by atoms with E-state index in [9.17, 15) is 13.2 Å². The highest BCUT2D eigenvalue weighted by atomic mass is 32.2. The van der Waals surface area contributed by atoms with Crippen molar-refractivity contribution in [2.75, 3.05) is 12.4 Å². The molecule has 140 valence electrons. The van der Waals surface area contributed by atoms with E-state index in [1.165, 1.54) is 44.2 Å². The number of hydrogen-bond donors (Lipinski definition) is 2. The van der Waals surface area contributed by atoms with Gasteiger partial charge >= 0.3 is 0 Å². The quantitative estimate of drug-likeness (QED) is 0.740. The van der Waals surface area contributed by atoms with Crippen LogP contribution >= 0.6 is 0 Å². The molecule has 0 saturated heterocycles. The maximum absolute atomic E-state index is 12.3. The Balaban J connectivity index is 1.82. The molecule has 0 aliphatic heterocycles. The van der Waals surface area contributed by atoms with Crippen LogP contribution < -0.4 is 5.32 Å². The van der Waals surface area contributed by atoms with Gasteiger partial charge in [0, 0.05) is 12.5 Å². The SMILES string of the molecule is C[C@H](CC1CCCCC1)C(=O)NCc1ccc(S(=O)(=O)CCO)cc1. The smallest absolute Gasteiger partial charge is 0.223 e. The van der Waals surface area contributed by atoms with Gasteiger partial charge in [0.25, 0.3) is 0 Å². The Morgan fingerprint density at radius 1 is 1.20 bits per heavy atom. The van der Waals surface area contributed by atoms with Crippen molar-refractivity contribution in [2.45, 2.75) is 56.9 Å². The van der Waals surface area contributed by atoms with Crippen LogP contribution in [0.15, 0.2) is 29.2 Å². The fourth-order valence-electron chi connectivity index (χ4n) is 3.45. The first-order valence-electron chi connectivity index (χ1n) is 9.12. The van der Waals surface area contributed by atoms with Gasteiger partial charge in [-0.15, -0.1) is 0 Å². The molecule has 1 aromatic carbocycles. The van der Waals surface area contributed by atoms with Crippen molar-refractivity contribution in [3.8, 4) is 0 Å².